The number of halogens is 1. The van der Waals surface area contributed by atoms with Gasteiger partial charge in [0.2, 0.25) is 0 Å². The van der Waals surface area contributed by atoms with Crippen LogP contribution >= 0.6 is 20.7 Å². The number of benzene rings is 1. The smallest absolute Gasteiger partial charge is 0.410 e. The van der Waals surface area contributed by atoms with Gasteiger partial charge in [0.15, 0.2) is 11.6 Å². The third-order valence-electron chi connectivity index (χ3n) is 8.99. The molecule has 0 bridgehead atoms. The Hall–Kier alpha value is -2.96. The van der Waals surface area contributed by atoms with Gasteiger partial charge in [0, 0.05) is 55.4 Å². The summed E-state index contributed by atoms with van der Waals surface area (Å²) in [4.78, 5) is 76.3. The van der Waals surface area contributed by atoms with E-state index in [1.54, 1.807) is 9.80 Å². The number of Topliss-reactive ketones (excluding diaryl/α,β-unsaturated/α-hetero) is 4. The van der Waals surface area contributed by atoms with Crippen LogP contribution in [0.1, 0.15) is 99.3 Å². The van der Waals surface area contributed by atoms with E-state index in [1.807, 2.05) is 71.9 Å². The molecule has 2 aliphatic carbocycles. The van der Waals surface area contributed by atoms with Crippen LogP contribution in [0.15, 0.2) is 30.3 Å². The molecular formula is C36H49IN2O8. The van der Waals surface area contributed by atoms with E-state index in [4.69, 9.17) is 9.47 Å². The van der Waals surface area contributed by atoms with Crippen molar-refractivity contribution in [3.05, 3.63) is 33.9 Å². The van der Waals surface area contributed by atoms with Gasteiger partial charge in [-0.3, -0.25) is 19.2 Å². The molecule has 0 unspecified atom stereocenters. The number of hydrogen-bond acceptors (Lipinski definition) is 8. The summed E-state index contributed by atoms with van der Waals surface area (Å²) in [5.41, 5.74) is -1.50. The average molecular weight is 765 g/mol. The highest BCUT2D eigenvalue weighted by atomic mass is 127. The van der Waals surface area contributed by atoms with E-state index in [-0.39, 0.29) is 52.6 Å². The van der Waals surface area contributed by atoms with E-state index in [0.717, 1.165) is 3.57 Å². The number of piperidine rings is 2. The molecular weight excluding hydrogens is 715 g/mol. The average Bonchev–Trinajstić information content (AvgIpc) is 2.94. The standard InChI is InChI=1S/C21H26INO4.C15H23NO4/c1-20(2,3)27-19(26)23-11-9-21(10-12-23)13-16(24)18(17(25)14-21)22-15-7-5-4-6-8-15;1-14(2,3)20-13(19)16-6-4-15(5-7-16)9-11(17)8-12(18)10-15/h4-8H,9-14H2,1-3H3;4-10H2,1-3H3. The van der Waals surface area contributed by atoms with Gasteiger partial charge in [-0.1, -0.05) is 38.9 Å². The van der Waals surface area contributed by atoms with E-state index in [9.17, 15) is 28.8 Å². The number of carbonyl (C=O) groups excluding carboxylic acids is 6. The predicted molar refractivity (Wildman–Crippen MR) is 186 cm³/mol. The van der Waals surface area contributed by atoms with E-state index < -0.39 is 31.9 Å². The number of nitrogens with zero attached hydrogens (tertiary/aromatic N) is 2. The van der Waals surface area contributed by atoms with Crippen molar-refractivity contribution in [1.82, 2.24) is 9.80 Å². The molecule has 2 amide bonds. The molecule has 0 aromatic heterocycles. The minimum atomic E-state index is -0.717. The first kappa shape index (κ1) is 36.9. The summed E-state index contributed by atoms with van der Waals surface area (Å²) in [6.07, 6.45) is 4.11. The Kier molecular flexibility index (Phi) is 11.5. The van der Waals surface area contributed by atoms with Gasteiger partial charge in [-0.25, -0.2) is 9.59 Å². The SMILES string of the molecule is CC(C)(C)OC(=O)N1CCC2(CC1)CC(=O)C(=Ic1ccccc1)C(=O)C2.CC(C)(C)OC(=O)N1CCC2(CC1)CC(=O)CC(=O)C2. The summed E-state index contributed by atoms with van der Waals surface area (Å²) in [5, 5.41) is 0. The van der Waals surface area contributed by atoms with Crippen LogP contribution in [0.4, 0.5) is 9.59 Å². The Morgan fingerprint density at radius 2 is 1.02 bits per heavy atom. The fourth-order valence-corrected chi connectivity index (χ4v) is 9.06. The first-order chi connectivity index (χ1) is 21.9. The second-order valence-corrected chi connectivity index (χ2v) is 18.3. The number of ketones is 4. The number of amides is 2. The lowest BCUT2D eigenvalue weighted by molar-refractivity contribution is -0.135. The van der Waals surface area contributed by atoms with Crippen LogP contribution in [-0.4, -0.2) is 86.0 Å². The van der Waals surface area contributed by atoms with E-state index in [2.05, 4.69) is 0 Å². The Morgan fingerprint density at radius 1 is 0.638 bits per heavy atom. The van der Waals surface area contributed by atoms with Crippen LogP contribution in [0, 0.1) is 14.4 Å². The van der Waals surface area contributed by atoms with E-state index in [0.29, 0.717) is 81.1 Å². The van der Waals surface area contributed by atoms with Crippen LogP contribution in [0.25, 0.3) is 0 Å². The number of ether oxygens (including phenoxy) is 2. The molecule has 2 aliphatic heterocycles. The van der Waals surface area contributed by atoms with Crippen LogP contribution in [0.2, 0.25) is 0 Å². The van der Waals surface area contributed by atoms with Crippen molar-refractivity contribution in [3.63, 3.8) is 0 Å². The van der Waals surface area contributed by atoms with Gasteiger partial charge in [0.1, 0.15) is 22.8 Å². The largest absolute Gasteiger partial charge is 0.444 e. The molecule has 5 rings (SSSR count). The predicted octanol–water partition coefficient (Wildman–Crippen LogP) is 6.27. The molecule has 10 nitrogen and oxygen atoms in total. The van der Waals surface area contributed by atoms with Crippen LogP contribution in [-0.2, 0) is 28.7 Å². The summed E-state index contributed by atoms with van der Waals surface area (Å²) in [6.45, 7) is 13.3. The molecule has 47 heavy (non-hydrogen) atoms. The van der Waals surface area contributed by atoms with Crippen molar-refractivity contribution in [2.45, 2.75) is 111 Å². The molecule has 4 fully saturated rings. The molecule has 258 valence electrons. The van der Waals surface area contributed by atoms with Gasteiger partial charge in [-0.2, -0.15) is 0 Å². The topological polar surface area (TPSA) is 127 Å². The third-order valence-corrected chi connectivity index (χ3v) is 12.1. The molecule has 2 saturated heterocycles. The van der Waals surface area contributed by atoms with Crippen LogP contribution in [0.5, 0.6) is 0 Å². The van der Waals surface area contributed by atoms with Gasteiger partial charge in [-0.15, -0.1) is 0 Å². The van der Waals surface area contributed by atoms with Gasteiger partial charge < -0.3 is 19.3 Å². The highest BCUT2D eigenvalue weighted by Crippen LogP contribution is 2.44. The Labute approximate surface area is 288 Å². The molecule has 0 atom stereocenters. The van der Waals surface area contributed by atoms with Gasteiger partial charge in [-0.05, 0) is 90.2 Å². The Balaban J connectivity index is 0.000000223. The molecule has 11 heteroatoms. The molecule has 0 N–H and O–H groups in total. The van der Waals surface area contributed by atoms with Gasteiger partial charge in [0.05, 0.1) is 9.93 Å². The summed E-state index contributed by atoms with van der Waals surface area (Å²) < 4.78 is 12.4. The number of rotatable bonds is 1. The molecule has 2 heterocycles. The lowest BCUT2D eigenvalue weighted by atomic mass is 9.67. The summed E-state index contributed by atoms with van der Waals surface area (Å²) in [5.74, 6) is 0.140. The molecule has 2 spiro atoms. The zero-order valence-corrected chi connectivity index (χ0v) is 30.8. The molecule has 0 radical (unpaired) electrons. The van der Waals surface area contributed by atoms with Crippen molar-refractivity contribution < 1.29 is 38.2 Å². The second-order valence-electron chi connectivity index (χ2n) is 15.4. The first-order valence-electron chi connectivity index (χ1n) is 16.5. The maximum Gasteiger partial charge on any atom is 0.410 e. The Bertz CT molecular complexity index is 1370. The highest BCUT2D eigenvalue weighted by molar-refractivity contribution is 14.2. The fourth-order valence-electron chi connectivity index (χ4n) is 6.68. The van der Waals surface area contributed by atoms with Crippen molar-refractivity contribution in [2.75, 3.05) is 26.2 Å². The number of carbonyl (C=O) groups is 6. The van der Waals surface area contributed by atoms with Crippen molar-refractivity contribution in [3.8, 4) is 0 Å². The lowest BCUT2D eigenvalue weighted by Crippen LogP contribution is -2.49. The maximum absolute atomic E-state index is 12.7. The summed E-state index contributed by atoms with van der Waals surface area (Å²) >= 11 is -0.717. The summed E-state index contributed by atoms with van der Waals surface area (Å²) in [7, 11) is 0. The molecule has 1 aromatic carbocycles. The monoisotopic (exact) mass is 764 g/mol. The van der Waals surface area contributed by atoms with Gasteiger partial charge >= 0.3 is 12.2 Å². The molecule has 4 aliphatic rings. The lowest BCUT2D eigenvalue weighted by Gasteiger charge is -2.43. The number of hydrogen-bond donors (Lipinski definition) is 0. The zero-order chi connectivity index (χ0) is 34.6. The number of likely N-dealkylation sites (tertiary alicyclic amines) is 2. The highest BCUT2D eigenvalue weighted by Gasteiger charge is 2.46. The quantitative estimate of drug-likeness (QED) is 0.242. The molecule has 1 aromatic rings. The van der Waals surface area contributed by atoms with E-state index in [1.165, 1.54) is 0 Å². The first-order valence-corrected chi connectivity index (χ1v) is 18.6. The maximum atomic E-state index is 12.7. The van der Waals surface area contributed by atoms with Crippen molar-refractivity contribution >= 4 is 59.6 Å². The zero-order valence-electron chi connectivity index (χ0n) is 28.6. The van der Waals surface area contributed by atoms with Crippen molar-refractivity contribution in [1.29, 1.82) is 0 Å². The minimum absolute atomic E-state index is 0.0219. The van der Waals surface area contributed by atoms with Gasteiger partial charge in [0.25, 0.3) is 0 Å². The summed E-state index contributed by atoms with van der Waals surface area (Å²) in [6, 6.07) is 9.81. The molecule has 2 saturated carbocycles. The minimum Gasteiger partial charge on any atom is -0.444 e. The normalized spacial score (nSPS) is 21.4. The van der Waals surface area contributed by atoms with Crippen LogP contribution < -0.4 is 0 Å². The van der Waals surface area contributed by atoms with Crippen molar-refractivity contribution in [2.24, 2.45) is 10.8 Å². The Morgan fingerprint density at radius 3 is 1.40 bits per heavy atom. The fraction of sp³-hybridized carbons (Fsp3) is 0.639. The second kappa shape index (κ2) is 14.7. The van der Waals surface area contributed by atoms with E-state index >= 15 is 0 Å². The third kappa shape index (κ3) is 10.5. The van der Waals surface area contributed by atoms with Crippen LogP contribution in [0.3, 0.4) is 0 Å².